The number of aromatic nitrogens is 4. The number of fused-ring (bicyclic) bond motifs is 6. The molecule has 0 atom stereocenters. The molecule has 0 aliphatic carbocycles. The topological polar surface area (TPSA) is 378 Å². The third-order valence-electron chi connectivity index (χ3n) is 12.9. The molecule has 0 radical (unpaired) electrons. The molecule has 6 aromatic carbocycles. The van der Waals surface area contributed by atoms with Gasteiger partial charge in [0.2, 0.25) is 0 Å². The lowest BCUT2D eigenvalue weighted by Crippen LogP contribution is -2.28. The van der Waals surface area contributed by atoms with Crippen molar-refractivity contribution >= 4 is 87.4 Å². The van der Waals surface area contributed by atoms with E-state index in [4.69, 9.17) is 62.3 Å². The molecule has 0 saturated heterocycles. The average Bonchev–Trinajstić information content (AvgIpc) is 4.16. The van der Waals surface area contributed by atoms with Crippen LogP contribution in [0.15, 0.2) is 135 Å². The highest BCUT2D eigenvalue weighted by atomic mass is 16.5. The molecular weight excluding hydrogens is 1040 g/mol. The summed E-state index contributed by atoms with van der Waals surface area (Å²) >= 11 is 0. The largest absolute Gasteiger partial charge is 0.398 e. The summed E-state index contributed by atoms with van der Waals surface area (Å²) in [5.74, 6) is 0. The number of hydrogen-bond donors (Lipinski definition) is 8. The molecule has 420 valence electrons. The zero-order valence-electron chi connectivity index (χ0n) is 43.3. The summed E-state index contributed by atoms with van der Waals surface area (Å²) in [5, 5.41) is 39.5. The Hall–Kier alpha value is -8.72. The first-order chi connectivity index (χ1) is 38.6. The Labute approximate surface area is 452 Å². The number of rotatable bonds is 20. The number of hydrogen-bond acceptors (Lipinski definition) is 20. The fourth-order valence-electron chi connectivity index (χ4n) is 8.97. The number of ether oxygens (including phenoxy) is 4. The van der Waals surface area contributed by atoms with Gasteiger partial charge >= 0.3 is 0 Å². The number of nitrogens with two attached hydrogens (primary N) is 4. The fraction of sp³-hybridized carbons (Fsp3) is 0.286. The number of nitrogens with zero attached hydrogens (tertiary/aromatic N) is 4. The number of anilines is 4. The molecule has 10 aromatic rings. The Morgan fingerprint density at radius 3 is 0.613 bits per heavy atom. The molecule has 10 rings (SSSR count). The van der Waals surface area contributed by atoms with Crippen LogP contribution in [0.5, 0.6) is 0 Å². The van der Waals surface area contributed by atoms with Gasteiger partial charge in [0.1, 0.15) is 0 Å². The standard InChI is InChI=1S/2C18H20N2O8.2C10H10N2/c2*21-3-7-27-5-1-19-15(23)11-9-13-14(10-12(11)16(19)24)18(26)20(17(13)25)2-6-28-8-4-22;2*11-9-5-1-3-7-8(9)4-2-6-10(7)12/h2*9-10,21-22H,1-8H2;2*1-6H,11-12H2. The summed E-state index contributed by atoms with van der Waals surface area (Å²) in [6.07, 6.45) is 0. The van der Waals surface area contributed by atoms with Crippen LogP contribution >= 0.6 is 0 Å². The van der Waals surface area contributed by atoms with E-state index in [1.807, 2.05) is 72.8 Å². The molecule has 4 aromatic heterocycles. The van der Waals surface area contributed by atoms with E-state index < -0.39 is 44.5 Å². The van der Waals surface area contributed by atoms with E-state index in [9.17, 15) is 38.4 Å². The molecule has 0 aliphatic rings. The van der Waals surface area contributed by atoms with E-state index in [-0.39, 0.29) is 149 Å². The Kier molecular flexibility index (Phi) is 20.1. The Bertz CT molecular complexity index is 3550. The average molecular weight is 1100 g/mol. The summed E-state index contributed by atoms with van der Waals surface area (Å²) in [6, 6.07) is 28.2. The highest BCUT2D eigenvalue weighted by molar-refractivity contribution is 6.01. The van der Waals surface area contributed by atoms with Gasteiger partial charge in [0.25, 0.3) is 44.5 Å². The van der Waals surface area contributed by atoms with Crippen LogP contribution in [-0.4, -0.2) is 118 Å². The second-order valence-corrected chi connectivity index (χ2v) is 17.9. The first-order valence-electron chi connectivity index (χ1n) is 25.2. The van der Waals surface area contributed by atoms with Gasteiger partial charge in [-0.1, -0.05) is 48.5 Å². The quantitative estimate of drug-likeness (QED) is 0.0364. The molecule has 80 heavy (non-hydrogen) atoms. The van der Waals surface area contributed by atoms with E-state index in [0.717, 1.165) is 62.6 Å². The van der Waals surface area contributed by atoms with Crippen LogP contribution in [0.1, 0.15) is 0 Å². The van der Waals surface area contributed by atoms with Gasteiger partial charge in [-0.3, -0.25) is 56.6 Å². The SMILES string of the molecule is Nc1cccc2c(N)cccc12.Nc1cccc2c(N)cccc12.O=c1c2cc3c(=O)n(CCOCCO)c(=O)c3cc2c(=O)n1CCOCCO.O=c1c2cc3c(=O)n(CCOCCO)c(=O)c3cc2c(=O)n1CCOCCO. The fourth-order valence-corrected chi connectivity index (χ4v) is 8.97. The van der Waals surface area contributed by atoms with Crippen molar-refractivity contribution in [1.82, 2.24) is 18.3 Å². The van der Waals surface area contributed by atoms with Crippen molar-refractivity contribution < 1.29 is 39.4 Å². The van der Waals surface area contributed by atoms with Gasteiger partial charge in [-0.2, -0.15) is 0 Å². The van der Waals surface area contributed by atoms with Crippen LogP contribution in [-0.2, 0) is 45.1 Å². The van der Waals surface area contributed by atoms with E-state index >= 15 is 0 Å². The van der Waals surface area contributed by atoms with Crippen LogP contribution in [0.3, 0.4) is 0 Å². The zero-order chi connectivity index (χ0) is 57.6. The van der Waals surface area contributed by atoms with Crippen molar-refractivity contribution in [2.75, 3.05) is 102 Å². The first kappa shape index (κ1) is 59.0. The number of nitrogen functional groups attached to an aromatic ring is 4. The summed E-state index contributed by atoms with van der Waals surface area (Å²) in [7, 11) is 0. The smallest absolute Gasteiger partial charge is 0.261 e. The minimum Gasteiger partial charge on any atom is -0.398 e. The van der Waals surface area contributed by atoms with E-state index in [0.29, 0.717) is 0 Å². The van der Waals surface area contributed by atoms with Crippen molar-refractivity contribution in [1.29, 1.82) is 0 Å². The van der Waals surface area contributed by atoms with Crippen molar-refractivity contribution in [3.05, 3.63) is 180 Å². The summed E-state index contributed by atoms with van der Waals surface area (Å²) in [5.41, 5.74) is 21.7. The third-order valence-corrected chi connectivity index (χ3v) is 12.9. The maximum Gasteiger partial charge on any atom is 0.261 e. The predicted octanol–water partition coefficient (Wildman–Crippen LogP) is -0.131. The van der Waals surface area contributed by atoms with Crippen molar-refractivity contribution in [2.24, 2.45) is 0 Å². The molecule has 0 saturated carbocycles. The minimum absolute atomic E-state index is 0.00717. The van der Waals surface area contributed by atoms with Crippen LogP contribution in [0.25, 0.3) is 64.6 Å². The molecule has 4 heterocycles. The van der Waals surface area contributed by atoms with Crippen LogP contribution in [0.2, 0.25) is 0 Å². The van der Waals surface area contributed by atoms with Gasteiger partial charge in [0.15, 0.2) is 0 Å². The lowest BCUT2D eigenvalue weighted by Gasteiger charge is -2.03. The maximum atomic E-state index is 12.5. The predicted molar refractivity (Wildman–Crippen MR) is 307 cm³/mol. The minimum atomic E-state index is -0.555. The summed E-state index contributed by atoms with van der Waals surface area (Å²) in [6.45, 7) is 0.0451. The molecule has 0 fully saturated rings. The van der Waals surface area contributed by atoms with Crippen LogP contribution < -0.4 is 67.4 Å². The van der Waals surface area contributed by atoms with Crippen molar-refractivity contribution in [3.63, 3.8) is 0 Å². The summed E-state index contributed by atoms with van der Waals surface area (Å²) < 4.78 is 24.3. The first-order valence-corrected chi connectivity index (χ1v) is 25.2. The summed E-state index contributed by atoms with van der Waals surface area (Å²) in [4.78, 5) is 100. The van der Waals surface area contributed by atoms with Crippen molar-refractivity contribution in [2.45, 2.75) is 26.2 Å². The third kappa shape index (κ3) is 12.7. The van der Waals surface area contributed by atoms with Gasteiger partial charge in [-0.25, -0.2) is 0 Å². The Morgan fingerprint density at radius 1 is 0.275 bits per heavy atom. The molecule has 0 spiro atoms. The number of benzene rings is 6. The van der Waals surface area contributed by atoms with E-state index in [1.165, 1.54) is 24.3 Å². The molecular formula is C56H60N8O16. The van der Waals surface area contributed by atoms with Gasteiger partial charge in [0.05, 0.1) is 149 Å². The lowest BCUT2D eigenvalue weighted by atomic mass is 10.1. The molecule has 24 heteroatoms. The van der Waals surface area contributed by atoms with E-state index in [2.05, 4.69) is 0 Å². The highest BCUT2D eigenvalue weighted by Gasteiger charge is 2.21. The van der Waals surface area contributed by atoms with Crippen LogP contribution in [0.4, 0.5) is 22.7 Å². The monoisotopic (exact) mass is 1100 g/mol. The second kappa shape index (κ2) is 27.2. The molecule has 0 bridgehead atoms. The normalized spacial score (nSPS) is 11.3. The Morgan fingerprint density at radius 2 is 0.450 bits per heavy atom. The molecule has 24 nitrogen and oxygen atoms in total. The van der Waals surface area contributed by atoms with Crippen LogP contribution in [0, 0.1) is 0 Å². The molecule has 0 aliphatic heterocycles. The molecule has 0 unspecified atom stereocenters. The number of aliphatic hydroxyl groups is 4. The second-order valence-electron chi connectivity index (χ2n) is 17.9. The molecule has 12 N–H and O–H groups in total. The van der Waals surface area contributed by atoms with E-state index in [1.54, 1.807) is 0 Å². The van der Waals surface area contributed by atoms with Crippen molar-refractivity contribution in [3.8, 4) is 0 Å². The molecule has 0 amide bonds. The Balaban J connectivity index is 0.000000165. The van der Waals surface area contributed by atoms with Gasteiger partial charge < -0.3 is 62.3 Å². The highest BCUT2D eigenvalue weighted by Crippen LogP contribution is 2.26. The zero-order valence-corrected chi connectivity index (χ0v) is 43.3. The maximum absolute atomic E-state index is 12.5. The number of aliphatic hydroxyl groups excluding tert-OH is 4. The van der Waals surface area contributed by atoms with Gasteiger partial charge in [-0.15, -0.1) is 0 Å². The lowest BCUT2D eigenvalue weighted by molar-refractivity contribution is 0.0863. The van der Waals surface area contributed by atoms with Gasteiger partial charge in [0, 0.05) is 44.3 Å². The van der Waals surface area contributed by atoms with Gasteiger partial charge in [-0.05, 0) is 48.5 Å².